The summed E-state index contributed by atoms with van der Waals surface area (Å²) in [6, 6.07) is 14.7. The van der Waals surface area contributed by atoms with E-state index in [-0.39, 0.29) is 12.1 Å². The molecule has 9 nitrogen and oxygen atoms in total. The van der Waals surface area contributed by atoms with Crippen molar-refractivity contribution >= 4 is 23.2 Å². The monoisotopic (exact) mass is 461 g/mol. The number of pyridine rings is 1. The van der Waals surface area contributed by atoms with Crippen molar-refractivity contribution in [1.29, 1.82) is 0 Å². The molecule has 178 valence electrons. The molecule has 0 bridgehead atoms. The molecule has 0 N–H and O–H groups in total. The molecule has 2 aliphatic heterocycles. The molecule has 5 rings (SSSR count). The fourth-order valence-corrected chi connectivity index (χ4v) is 4.81. The van der Waals surface area contributed by atoms with Crippen molar-refractivity contribution in [1.82, 2.24) is 19.7 Å². The van der Waals surface area contributed by atoms with Gasteiger partial charge in [0.05, 0.1) is 13.2 Å². The highest BCUT2D eigenvalue weighted by Gasteiger charge is 2.32. The summed E-state index contributed by atoms with van der Waals surface area (Å²) in [6.07, 6.45) is 1.71. The fourth-order valence-electron chi connectivity index (χ4n) is 4.81. The topological polar surface area (TPSA) is 79.6 Å². The predicted octanol–water partition coefficient (Wildman–Crippen LogP) is 3.98. The average Bonchev–Trinajstić information content (AvgIpc) is 3.47. The van der Waals surface area contributed by atoms with Gasteiger partial charge in [-0.05, 0) is 64.1 Å². The van der Waals surface area contributed by atoms with E-state index in [4.69, 9.17) is 9.72 Å². The van der Waals surface area contributed by atoms with Gasteiger partial charge in [0, 0.05) is 42.6 Å². The Kier molecular flexibility index (Phi) is 5.95. The number of carbonyl (C=O) groups excluding carboxylic acids is 1. The minimum atomic E-state index is -0.0733. The van der Waals surface area contributed by atoms with Gasteiger partial charge in [0.2, 0.25) is 0 Å². The number of benzene rings is 1. The van der Waals surface area contributed by atoms with E-state index >= 15 is 0 Å². The molecule has 0 unspecified atom stereocenters. The van der Waals surface area contributed by atoms with Gasteiger partial charge in [0.1, 0.15) is 17.8 Å². The molecule has 0 radical (unpaired) electrons. The summed E-state index contributed by atoms with van der Waals surface area (Å²) in [5.74, 6) is 1.32. The lowest BCUT2D eigenvalue weighted by atomic mass is 10.1. The second kappa shape index (κ2) is 9.06. The molecule has 0 aliphatic carbocycles. The first-order valence-electron chi connectivity index (χ1n) is 11.9. The van der Waals surface area contributed by atoms with E-state index < -0.39 is 0 Å². The zero-order valence-electron chi connectivity index (χ0n) is 20.1. The Bertz CT molecular complexity index is 1150. The van der Waals surface area contributed by atoms with E-state index in [9.17, 15) is 4.79 Å². The van der Waals surface area contributed by atoms with E-state index in [1.54, 1.807) is 16.1 Å². The number of ether oxygens (including phenoxy) is 1. The van der Waals surface area contributed by atoms with Crippen molar-refractivity contribution in [3.05, 3.63) is 48.8 Å². The van der Waals surface area contributed by atoms with Crippen LogP contribution in [0.2, 0.25) is 0 Å². The van der Waals surface area contributed by atoms with Gasteiger partial charge in [-0.3, -0.25) is 9.80 Å². The first-order chi connectivity index (χ1) is 16.4. The Balaban J connectivity index is 1.34. The number of carbonyl (C=O) groups is 1. The van der Waals surface area contributed by atoms with Crippen molar-refractivity contribution in [3.8, 4) is 11.5 Å². The van der Waals surface area contributed by atoms with Crippen molar-refractivity contribution in [3.63, 3.8) is 0 Å². The van der Waals surface area contributed by atoms with Gasteiger partial charge in [0.15, 0.2) is 5.82 Å². The summed E-state index contributed by atoms with van der Waals surface area (Å²) in [4.78, 5) is 24.0. The Morgan fingerprint density at radius 1 is 0.941 bits per heavy atom. The number of anilines is 3. The van der Waals surface area contributed by atoms with E-state index in [0.29, 0.717) is 42.5 Å². The Morgan fingerprint density at radius 3 is 2.32 bits per heavy atom. The van der Waals surface area contributed by atoms with Gasteiger partial charge >= 0.3 is 6.03 Å². The summed E-state index contributed by atoms with van der Waals surface area (Å²) >= 11 is 0. The zero-order valence-corrected chi connectivity index (χ0v) is 20.1. The molecule has 4 heterocycles. The van der Waals surface area contributed by atoms with Crippen LogP contribution in [-0.2, 0) is 4.74 Å². The Hall–Kier alpha value is -3.46. The molecule has 2 saturated heterocycles. The number of morpholine rings is 1. The third kappa shape index (κ3) is 4.00. The van der Waals surface area contributed by atoms with Crippen LogP contribution in [0.5, 0.6) is 0 Å². The molecule has 0 spiro atoms. The number of amides is 2. The van der Waals surface area contributed by atoms with Crippen LogP contribution in [0.3, 0.4) is 0 Å². The van der Waals surface area contributed by atoms with Gasteiger partial charge in [0.25, 0.3) is 0 Å². The quantitative estimate of drug-likeness (QED) is 0.572. The third-order valence-corrected chi connectivity index (χ3v) is 6.51. The van der Waals surface area contributed by atoms with Crippen LogP contribution < -0.4 is 14.7 Å². The molecule has 2 aliphatic rings. The van der Waals surface area contributed by atoms with Crippen LogP contribution in [0, 0.1) is 0 Å². The van der Waals surface area contributed by atoms with Gasteiger partial charge in [-0.15, -0.1) is 10.2 Å². The molecule has 2 amide bonds. The smallest absolute Gasteiger partial charge is 0.330 e. The molecule has 9 heteroatoms. The van der Waals surface area contributed by atoms with Crippen LogP contribution >= 0.6 is 0 Å². The first-order valence-corrected chi connectivity index (χ1v) is 11.9. The van der Waals surface area contributed by atoms with Crippen molar-refractivity contribution in [2.24, 2.45) is 0 Å². The molecule has 3 aromatic rings. The predicted molar refractivity (Wildman–Crippen MR) is 132 cm³/mol. The maximum Gasteiger partial charge on any atom is 0.330 e. The molecule has 2 fully saturated rings. The number of aromatic nitrogens is 4. The lowest BCUT2D eigenvalue weighted by Gasteiger charge is -2.40. The normalized spacial score (nSPS) is 21.1. The van der Waals surface area contributed by atoms with Gasteiger partial charge < -0.3 is 14.2 Å². The van der Waals surface area contributed by atoms with Crippen LogP contribution in [0.1, 0.15) is 33.7 Å². The second-order valence-corrected chi connectivity index (χ2v) is 9.28. The molecule has 0 saturated carbocycles. The number of hydrogen-bond donors (Lipinski definition) is 0. The lowest BCUT2D eigenvalue weighted by Crippen LogP contribution is -2.49. The van der Waals surface area contributed by atoms with E-state index in [1.807, 2.05) is 34.9 Å². The highest BCUT2D eigenvalue weighted by molar-refractivity contribution is 6.05. The Labute approximate surface area is 200 Å². The van der Waals surface area contributed by atoms with Crippen LogP contribution in [0.25, 0.3) is 11.5 Å². The standard InChI is InChI=1S/C25H31N7O2/c1-17(2)31-16-26-28-24(31)22-6-5-7-23(27-22)30-13-12-29(25(30)33)20-8-10-21(11-9-20)32-18(3)14-34-15-19(32)4/h5-11,16-19H,12-15H2,1-4H3/t18-,19-/m1/s1. The third-order valence-electron chi connectivity index (χ3n) is 6.51. The summed E-state index contributed by atoms with van der Waals surface area (Å²) in [7, 11) is 0. The number of urea groups is 1. The SMILES string of the molecule is CC(C)n1cnnc1-c1cccc(N2CCN(c3ccc(N4[C@H](C)COC[C@H]4C)cc3)C2=O)n1. The zero-order chi connectivity index (χ0) is 23.8. The molecular formula is C25H31N7O2. The summed E-state index contributed by atoms with van der Waals surface area (Å²) in [5, 5.41) is 8.28. The molecule has 34 heavy (non-hydrogen) atoms. The number of hydrogen-bond acceptors (Lipinski definition) is 6. The van der Waals surface area contributed by atoms with E-state index in [1.165, 1.54) is 0 Å². The molecule has 1 aromatic carbocycles. The van der Waals surface area contributed by atoms with Crippen LogP contribution in [0.15, 0.2) is 48.8 Å². The number of nitrogens with zero attached hydrogens (tertiary/aromatic N) is 7. The Morgan fingerprint density at radius 2 is 1.62 bits per heavy atom. The van der Waals surface area contributed by atoms with E-state index in [2.05, 4.69) is 54.9 Å². The summed E-state index contributed by atoms with van der Waals surface area (Å²) < 4.78 is 7.63. The fraction of sp³-hybridized carbons (Fsp3) is 0.440. The minimum Gasteiger partial charge on any atom is -0.377 e. The maximum atomic E-state index is 13.3. The molecule has 2 atom stereocenters. The van der Waals surface area contributed by atoms with Crippen LogP contribution in [0.4, 0.5) is 22.0 Å². The minimum absolute atomic E-state index is 0.0733. The lowest BCUT2D eigenvalue weighted by molar-refractivity contribution is 0.0757. The van der Waals surface area contributed by atoms with Crippen molar-refractivity contribution in [2.75, 3.05) is 41.0 Å². The highest BCUT2D eigenvalue weighted by atomic mass is 16.5. The van der Waals surface area contributed by atoms with E-state index in [0.717, 1.165) is 24.6 Å². The van der Waals surface area contributed by atoms with Gasteiger partial charge in [-0.2, -0.15) is 0 Å². The van der Waals surface area contributed by atoms with Crippen molar-refractivity contribution in [2.45, 2.75) is 45.8 Å². The van der Waals surface area contributed by atoms with Crippen LogP contribution in [-0.4, -0.2) is 64.2 Å². The second-order valence-electron chi connectivity index (χ2n) is 9.28. The summed E-state index contributed by atoms with van der Waals surface area (Å²) in [5.41, 5.74) is 2.74. The van der Waals surface area contributed by atoms with Crippen molar-refractivity contribution < 1.29 is 9.53 Å². The largest absolute Gasteiger partial charge is 0.377 e. The molecule has 2 aromatic heterocycles. The number of rotatable bonds is 5. The highest BCUT2D eigenvalue weighted by Crippen LogP contribution is 2.30. The average molecular weight is 462 g/mol. The van der Waals surface area contributed by atoms with Gasteiger partial charge in [-0.1, -0.05) is 6.07 Å². The molecular weight excluding hydrogens is 430 g/mol. The summed E-state index contributed by atoms with van der Waals surface area (Å²) in [6.45, 7) is 11.1. The van der Waals surface area contributed by atoms with Gasteiger partial charge in [-0.25, -0.2) is 9.78 Å². The first kappa shape index (κ1) is 22.3. The maximum absolute atomic E-state index is 13.3.